The lowest BCUT2D eigenvalue weighted by Gasteiger charge is -2.44. The smallest absolute Gasteiger partial charge is 0.189 e. The molecule has 4 nitrogen and oxygen atoms in total. The Labute approximate surface area is 171 Å². The summed E-state index contributed by atoms with van der Waals surface area (Å²) in [7, 11) is 0. The summed E-state index contributed by atoms with van der Waals surface area (Å²) in [6, 6.07) is 24.4. The van der Waals surface area contributed by atoms with Gasteiger partial charge in [0.25, 0.3) is 0 Å². The second-order valence-electron chi connectivity index (χ2n) is 8.54. The normalized spacial score (nSPS) is 21.3. The van der Waals surface area contributed by atoms with E-state index < -0.39 is 21.7 Å². The van der Waals surface area contributed by atoms with Gasteiger partial charge < -0.3 is 0 Å². The van der Waals surface area contributed by atoms with Gasteiger partial charge in [0.2, 0.25) is 0 Å². The molecule has 2 aromatic carbocycles. The van der Waals surface area contributed by atoms with Gasteiger partial charge in [-0.1, -0.05) is 59.7 Å². The van der Waals surface area contributed by atoms with Crippen LogP contribution in [0.25, 0.3) is 0 Å². The minimum absolute atomic E-state index is 0.232. The predicted octanol–water partition coefficient (Wildman–Crippen LogP) is 4.84. The third kappa shape index (κ3) is 1.99. The van der Waals surface area contributed by atoms with E-state index in [-0.39, 0.29) is 6.42 Å². The molecule has 0 heterocycles. The van der Waals surface area contributed by atoms with Crippen molar-refractivity contribution in [3.05, 3.63) is 70.8 Å². The molecule has 2 saturated carbocycles. The molecule has 2 aliphatic rings. The van der Waals surface area contributed by atoms with Crippen molar-refractivity contribution in [2.75, 3.05) is 0 Å². The summed E-state index contributed by atoms with van der Waals surface area (Å²) in [6.45, 7) is 3.97. The lowest BCUT2D eigenvalue weighted by molar-refractivity contribution is 0.235. The summed E-state index contributed by atoms with van der Waals surface area (Å²) in [6.07, 6.45) is 1.80. The fourth-order valence-electron chi connectivity index (χ4n) is 5.67. The Kier molecular flexibility index (Phi) is 3.84. The van der Waals surface area contributed by atoms with Gasteiger partial charge in [0, 0.05) is 0 Å². The van der Waals surface area contributed by atoms with Gasteiger partial charge in [-0.25, -0.2) is 0 Å². The maximum Gasteiger partial charge on any atom is 0.189 e. The SMILES string of the molecule is Cc1ccc(C2(c3ccc(C)cc3)C3(CC3)CC(C#N)(C#N)C2(C#N)C#N)cc1. The fraction of sp³-hybridized carbons (Fsp3) is 0.360. The average molecular weight is 376 g/mol. The van der Waals surface area contributed by atoms with Crippen molar-refractivity contribution in [2.24, 2.45) is 16.2 Å². The van der Waals surface area contributed by atoms with Crippen LogP contribution in [0, 0.1) is 75.4 Å². The highest BCUT2D eigenvalue weighted by atomic mass is 14.8. The van der Waals surface area contributed by atoms with E-state index in [1.165, 1.54) is 0 Å². The van der Waals surface area contributed by atoms with Gasteiger partial charge in [-0.3, -0.25) is 0 Å². The molecule has 0 radical (unpaired) electrons. The number of nitrogens with zero attached hydrogens (tertiary/aromatic N) is 4. The lowest BCUT2D eigenvalue weighted by Crippen LogP contribution is -2.51. The Bertz CT molecular complexity index is 1070. The third-order valence-corrected chi connectivity index (χ3v) is 7.14. The van der Waals surface area contributed by atoms with Gasteiger partial charge in [0.1, 0.15) is 0 Å². The molecule has 0 saturated heterocycles. The highest BCUT2D eigenvalue weighted by molar-refractivity contribution is 5.61. The Morgan fingerprint density at radius 3 is 1.38 bits per heavy atom. The molecule has 29 heavy (non-hydrogen) atoms. The van der Waals surface area contributed by atoms with E-state index in [9.17, 15) is 21.0 Å². The molecule has 140 valence electrons. The number of rotatable bonds is 2. The minimum atomic E-state index is -1.81. The molecule has 0 aliphatic heterocycles. The van der Waals surface area contributed by atoms with Crippen LogP contribution >= 0.6 is 0 Å². The van der Waals surface area contributed by atoms with Gasteiger partial charge in [0.15, 0.2) is 10.8 Å². The Morgan fingerprint density at radius 1 is 0.655 bits per heavy atom. The molecule has 4 heteroatoms. The zero-order valence-electron chi connectivity index (χ0n) is 16.5. The molecule has 0 unspecified atom stereocenters. The monoisotopic (exact) mass is 376 g/mol. The third-order valence-electron chi connectivity index (χ3n) is 7.14. The van der Waals surface area contributed by atoms with Crippen molar-refractivity contribution < 1.29 is 0 Å². The molecule has 1 spiro atoms. The first-order valence-corrected chi connectivity index (χ1v) is 9.70. The molecule has 0 amide bonds. The first kappa shape index (κ1) is 18.7. The van der Waals surface area contributed by atoms with Gasteiger partial charge >= 0.3 is 0 Å². The van der Waals surface area contributed by atoms with E-state index in [0.29, 0.717) is 0 Å². The van der Waals surface area contributed by atoms with Crippen LogP contribution in [0.4, 0.5) is 0 Å². The van der Waals surface area contributed by atoms with Gasteiger partial charge in [0.05, 0.1) is 29.7 Å². The summed E-state index contributed by atoms with van der Waals surface area (Å²) < 4.78 is 0. The summed E-state index contributed by atoms with van der Waals surface area (Å²) in [5.74, 6) is 0. The number of aryl methyl sites for hydroxylation is 2. The fourth-order valence-corrected chi connectivity index (χ4v) is 5.67. The van der Waals surface area contributed by atoms with Crippen LogP contribution in [0.5, 0.6) is 0 Å². The van der Waals surface area contributed by atoms with Crippen LogP contribution in [0.2, 0.25) is 0 Å². The van der Waals surface area contributed by atoms with E-state index in [4.69, 9.17) is 0 Å². The quantitative estimate of drug-likeness (QED) is 0.749. The van der Waals surface area contributed by atoms with E-state index >= 15 is 0 Å². The van der Waals surface area contributed by atoms with Gasteiger partial charge in [-0.2, -0.15) is 21.0 Å². The molecule has 0 atom stereocenters. The average Bonchev–Trinajstić information content (AvgIpc) is 3.48. The van der Waals surface area contributed by atoms with E-state index in [2.05, 4.69) is 24.3 Å². The molecule has 0 bridgehead atoms. The maximum absolute atomic E-state index is 10.5. The van der Waals surface area contributed by atoms with Crippen LogP contribution in [0.3, 0.4) is 0 Å². The molecule has 0 aromatic heterocycles. The van der Waals surface area contributed by atoms with E-state index in [1.807, 2.05) is 62.4 Å². The van der Waals surface area contributed by atoms with Crippen LogP contribution in [-0.2, 0) is 5.41 Å². The van der Waals surface area contributed by atoms with E-state index in [1.54, 1.807) is 0 Å². The van der Waals surface area contributed by atoms with Crippen molar-refractivity contribution in [3.63, 3.8) is 0 Å². The molecule has 0 N–H and O–H groups in total. The number of hydrogen-bond donors (Lipinski definition) is 0. The van der Waals surface area contributed by atoms with Crippen molar-refractivity contribution in [1.82, 2.24) is 0 Å². The number of hydrogen-bond acceptors (Lipinski definition) is 4. The first-order chi connectivity index (χ1) is 13.9. The molecule has 2 fully saturated rings. The van der Waals surface area contributed by atoms with Crippen molar-refractivity contribution in [3.8, 4) is 24.3 Å². The molecule has 4 rings (SSSR count). The molecule has 2 aliphatic carbocycles. The summed E-state index contributed by atoms with van der Waals surface area (Å²) >= 11 is 0. The van der Waals surface area contributed by atoms with Crippen LogP contribution in [0.1, 0.15) is 41.5 Å². The highest BCUT2D eigenvalue weighted by Crippen LogP contribution is 2.80. The maximum atomic E-state index is 10.5. The second-order valence-corrected chi connectivity index (χ2v) is 8.54. The largest absolute Gasteiger partial charge is 0.196 e. The van der Waals surface area contributed by atoms with Crippen molar-refractivity contribution >= 4 is 0 Å². The van der Waals surface area contributed by atoms with Crippen LogP contribution in [0.15, 0.2) is 48.5 Å². The number of nitriles is 4. The second kappa shape index (κ2) is 5.95. The van der Waals surface area contributed by atoms with Gasteiger partial charge in [-0.15, -0.1) is 0 Å². The molecular formula is C25H20N4. The highest BCUT2D eigenvalue weighted by Gasteiger charge is 2.84. The Morgan fingerprint density at radius 2 is 1.07 bits per heavy atom. The van der Waals surface area contributed by atoms with Crippen LogP contribution < -0.4 is 0 Å². The zero-order chi connectivity index (χ0) is 20.9. The zero-order valence-corrected chi connectivity index (χ0v) is 16.5. The predicted molar refractivity (Wildman–Crippen MR) is 107 cm³/mol. The Hall–Kier alpha value is -3.60. The first-order valence-electron chi connectivity index (χ1n) is 9.70. The minimum Gasteiger partial charge on any atom is -0.196 e. The topological polar surface area (TPSA) is 95.2 Å². The molecular weight excluding hydrogens is 356 g/mol. The number of benzene rings is 2. The standard InChI is InChI=1S/C25H20N4/c1-18-3-7-20(8-4-18)25(21-9-5-19(2)6-10-21)22(11-12-22)13-23(14-26,15-27)24(25,16-28)17-29/h3-10H,11-13H2,1-2H3. The lowest BCUT2D eigenvalue weighted by atomic mass is 9.51. The summed E-state index contributed by atoms with van der Waals surface area (Å²) in [5, 5.41) is 41.2. The molecule has 2 aromatic rings. The van der Waals surface area contributed by atoms with Gasteiger partial charge in [-0.05, 0) is 49.7 Å². The Balaban J connectivity index is 2.20. The van der Waals surface area contributed by atoms with Crippen molar-refractivity contribution in [2.45, 2.75) is 38.5 Å². The van der Waals surface area contributed by atoms with Crippen molar-refractivity contribution in [1.29, 1.82) is 21.0 Å². The van der Waals surface area contributed by atoms with E-state index in [0.717, 1.165) is 35.1 Å². The van der Waals surface area contributed by atoms with Crippen LogP contribution in [-0.4, -0.2) is 0 Å². The summed E-state index contributed by atoms with van der Waals surface area (Å²) in [4.78, 5) is 0. The summed E-state index contributed by atoms with van der Waals surface area (Å²) in [5.41, 5.74) is -1.21.